The Morgan fingerprint density at radius 3 is 2.16 bits per heavy atom. The maximum atomic E-state index is 9.63. The molecule has 0 bridgehead atoms. The number of hydrogen-bond donors (Lipinski definition) is 1. The van der Waals surface area contributed by atoms with Gasteiger partial charge in [0.05, 0.1) is 6.07 Å². The lowest BCUT2D eigenvalue weighted by Crippen LogP contribution is -2.37. The largest absolute Gasteiger partial charge is 0.367 e. The number of nitrogens with one attached hydrogen (secondary N) is 1. The third kappa shape index (κ3) is 2.08. The highest BCUT2D eigenvalue weighted by Gasteiger charge is 2.37. The summed E-state index contributed by atoms with van der Waals surface area (Å²) in [7, 11) is 0. The molecule has 2 aromatic rings. The van der Waals surface area contributed by atoms with Crippen molar-refractivity contribution in [2.45, 2.75) is 25.3 Å². The normalized spacial score (nSPS) is 15.6. The number of para-hydroxylation sites is 1. The highest BCUT2D eigenvalue weighted by molar-refractivity contribution is 5.56. The summed E-state index contributed by atoms with van der Waals surface area (Å²) in [4.78, 5) is 0. The molecule has 0 spiro atoms. The first-order chi connectivity index (χ1) is 9.22. The van der Waals surface area contributed by atoms with E-state index in [1.807, 2.05) is 30.3 Å². The molecule has 19 heavy (non-hydrogen) atoms. The lowest BCUT2D eigenvalue weighted by molar-refractivity contribution is 0.627. The predicted octanol–water partition coefficient (Wildman–Crippen LogP) is 3.47. The monoisotopic (exact) mass is 248 g/mol. The highest BCUT2D eigenvalue weighted by atomic mass is 15.0. The molecule has 2 nitrogen and oxygen atoms in total. The lowest BCUT2D eigenvalue weighted by Gasteiger charge is -2.24. The molecule has 1 aliphatic carbocycles. The van der Waals surface area contributed by atoms with Gasteiger partial charge in [-0.3, -0.25) is 0 Å². The minimum Gasteiger partial charge on any atom is -0.367 e. The predicted molar refractivity (Wildman–Crippen MR) is 77.0 cm³/mol. The van der Waals surface area contributed by atoms with Gasteiger partial charge in [0.25, 0.3) is 0 Å². The molecule has 0 fully saturated rings. The maximum Gasteiger partial charge on any atom is 0.133 e. The Morgan fingerprint density at radius 2 is 1.58 bits per heavy atom. The molecule has 0 aromatic heterocycles. The number of anilines is 1. The van der Waals surface area contributed by atoms with Crippen LogP contribution < -0.4 is 5.32 Å². The zero-order chi connectivity index (χ0) is 13.3. The van der Waals surface area contributed by atoms with Gasteiger partial charge >= 0.3 is 0 Å². The third-order valence-corrected chi connectivity index (χ3v) is 3.84. The van der Waals surface area contributed by atoms with E-state index >= 15 is 0 Å². The quantitative estimate of drug-likeness (QED) is 0.883. The van der Waals surface area contributed by atoms with Crippen LogP contribution >= 0.6 is 0 Å². The second kappa shape index (κ2) is 4.44. The van der Waals surface area contributed by atoms with Crippen molar-refractivity contribution in [1.29, 1.82) is 5.26 Å². The molecule has 94 valence electrons. The molecule has 0 saturated heterocycles. The molecule has 3 rings (SSSR count). The van der Waals surface area contributed by atoms with Crippen LogP contribution in [0.2, 0.25) is 0 Å². The Morgan fingerprint density at radius 1 is 1.00 bits per heavy atom. The van der Waals surface area contributed by atoms with Gasteiger partial charge in [0.1, 0.15) is 5.54 Å². The van der Waals surface area contributed by atoms with Crippen LogP contribution in [0.5, 0.6) is 0 Å². The molecule has 0 unspecified atom stereocenters. The average Bonchev–Trinajstić information content (AvgIpc) is 2.80. The summed E-state index contributed by atoms with van der Waals surface area (Å²) in [5.41, 5.74) is 4.29. The standard InChI is InChI=1S/C17H16N2/c1-13-6-2-5-9-16(13)19-17(12-18)10-14-7-3-4-8-15(14)11-17/h2-9,19H,10-11H2,1H3. The molecule has 0 amide bonds. The Kier molecular flexibility index (Phi) is 2.76. The average molecular weight is 248 g/mol. The molecule has 0 saturated carbocycles. The fourth-order valence-electron chi connectivity index (χ4n) is 2.78. The van der Waals surface area contributed by atoms with Gasteiger partial charge in [-0.2, -0.15) is 5.26 Å². The van der Waals surface area contributed by atoms with Crippen molar-refractivity contribution in [1.82, 2.24) is 0 Å². The van der Waals surface area contributed by atoms with E-state index in [1.165, 1.54) is 16.7 Å². The van der Waals surface area contributed by atoms with E-state index in [0.717, 1.165) is 18.5 Å². The summed E-state index contributed by atoms with van der Waals surface area (Å²) in [5, 5.41) is 13.1. The molecule has 0 heterocycles. The highest BCUT2D eigenvalue weighted by Crippen LogP contribution is 2.33. The van der Waals surface area contributed by atoms with Crippen molar-refractivity contribution in [3.8, 4) is 6.07 Å². The number of rotatable bonds is 2. The topological polar surface area (TPSA) is 35.8 Å². The van der Waals surface area contributed by atoms with Gasteiger partial charge in [-0.15, -0.1) is 0 Å². The fraction of sp³-hybridized carbons (Fsp3) is 0.235. The lowest BCUT2D eigenvalue weighted by atomic mass is 9.96. The number of hydrogen-bond acceptors (Lipinski definition) is 2. The molecule has 0 radical (unpaired) electrons. The molecular formula is C17H16N2. The molecule has 1 aliphatic rings. The minimum absolute atomic E-state index is 0.504. The second-order valence-electron chi connectivity index (χ2n) is 5.26. The number of nitrogens with zero attached hydrogens (tertiary/aromatic N) is 1. The number of nitriles is 1. The summed E-state index contributed by atoms with van der Waals surface area (Å²) in [6.45, 7) is 2.06. The van der Waals surface area contributed by atoms with Crippen LogP contribution in [0.15, 0.2) is 48.5 Å². The maximum absolute atomic E-state index is 9.63. The van der Waals surface area contributed by atoms with Crippen molar-refractivity contribution in [2.24, 2.45) is 0 Å². The van der Waals surface area contributed by atoms with Crippen LogP contribution in [-0.4, -0.2) is 5.54 Å². The summed E-state index contributed by atoms with van der Waals surface area (Å²) in [6, 6.07) is 18.9. The van der Waals surface area contributed by atoms with Crippen molar-refractivity contribution < 1.29 is 0 Å². The van der Waals surface area contributed by atoms with E-state index in [-0.39, 0.29) is 0 Å². The Hall–Kier alpha value is -2.27. The zero-order valence-corrected chi connectivity index (χ0v) is 11.0. The smallest absolute Gasteiger partial charge is 0.133 e. The van der Waals surface area contributed by atoms with Crippen molar-refractivity contribution >= 4 is 5.69 Å². The molecule has 2 heteroatoms. The Bertz CT molecular complexity index is 627. The minimum atomic E-state index is -0.504. The van der Waals surface area contributed by atoms with Crippen LogP contribution in [0.3, 0.4) is 0 Å². The summed E-state index contributed by atoms with van der Waals surface area (Å²) in [5.74, 6) is 0. The molecule has 2 aromatic carbocycles. The number of benzene rings is 2. The van der Waals surface area contributed by atoms with E-state index in [0.29, 0.717) is 0 Å². The first-order valence-electron chi connectivity index (χ1n) is 6.54. The van der Waals surface area contributed by atoms with Gasteiger partial charge in [0.2, 0.25) is 0 Å². The van der Waals surface area contributed by atoms with E-state index in [1.54, 1.807) is 0 Å². The SMILES string of the molecule is Cc1ccccc1NC1(C#N)Cc2ccccc2C1. The van der Waals surface area contributed by atoms with E-state index in [4.69, 9.17) is 0 Å². The Labute approximate surface area is 113 Å². The van der Waals surface area contributed by atoms with E-state index < -0.39 is 5.54 Å². The first-order valence-corrected chi connectivity index (χ1v) is 6.54. The number of fused-ring (bicyclic) bond motifs is 1. The van der Waals surface area contributed by atoms with Crippen LogP contribution in [0.4, 0.5) is 5.69 Å². The first kappa shape index (κ1) is 11.8. The summed E-state index contributed by atoms with van der Waals surface area (Å²) < 4.78 is 0. The molecular weight excluding hydrogens is 232 g/mol. The zero-order valence-electron chi connectivity index (χ0n) is 11.0. The molecule has 0 aliphatic heterocycles. The van der Waals surface area contributed by atoms with Gasteiger partial charge in [-0.25, -0.2) is 0 Å². The summed E-state index contributed by atoms with van der Waals surface area (Å²) in [6.07, 6.45) is 1.54. The fourth-order valence-corrected chi connectivity index (χ4v) is 2.78. The molecule has 0 atom stereocenters. The van der Waals surface area contributed by atoms with Gasteiger partial charge < -0.3 is 5.32 Å². The summed E-state index contributed by atoms with van der Waals surface area (Å²) >= 11 is 0. The van der Waals surface area contributed by atoms with Crippen LogP contribution in [-0.2, 0) is 12.8 Å². The van der Waals surface area contributed by atoms with Crippen LogP contribution in [0, 0.1) is 18.3 Å². The Balaban J connectivity index is 1.92. The van der Waals surface area contributed by atoms with E-state index in [9.17, 15) is 5.26 Å². The van der Waals surface area contributed by atoms with Gasteiger partial charge in [-0.1, -0.05) is 42.5 Å². The van der Waals surface area contributed by atoms with Crippen molar-refractivity contribution in [2.75, 3.05) is 5.32 Å². The molecule has 1 N–H and O–H groups in total. The van der Waals surface area contributed by atoms with Gasteiger partial charge in [0.15, 0.2) is 0 Å². The second-order valence-corrected chi connectivity index (χ2v) is 5.26. The van der Waals surface area contributed by atoms with Gasteiger partial charge in [0, 0.05) is 18.5 Å². The van der Waals surface area contributed by atoms with Crippen molar-refractivity contribution in [3.63, 3.8) is 0 Å². The van der Waals surface area contributed by atoms with Crippen molar-refractivity contribution in [3.05, 3.63) is 65.2 Å². The third-order valence-electron chi connectivity index (χ3n) is 3.84. The number of aryl methyl sites for hydroxylation is 1. The van der Waals surface area contributed by atoms with Crippen LogP contribution in [0.1, 0.15) is 16.7 Å². The van der Waals surface area contributed by atoms with E-state index in [2.05, 4.69) is 36.5 Å². The van der Waals surface area contributed by atoms with Gasteiger partial charge in [-0.05, 0) is 29.7 Å². The van der Waals surface area contributed by atoms with Crippen LogP contribution in [0.25, 0.3) is 0 Å².